The first kappa shape index (κ1) is 16.4. The van der Waals surface area contributed by atoms with Crippen LogP contribution in [0.4, 0.5) is 18.9 Å². The van der Waals surface area contributed by atoms with Crippen LogP contribution in [-0.2, 0) is 9.53 Å². The molecule has 1 aromatic carbocycles. The van der Waals surface area contributed by atoms with Crippen LogP contribution >= 0.6 is 15.9 Å². The number of alkyl halides is 3. The monoisotopic (exact) mass is 355 g/mol. The van der Waals surface area contributed by atoms with E-state index in [-0.39, 0.29) is 11.3 Å². The predicted octanol–water partition coefficient (Wildman–Crippen LogP) is 2.66. The van der Waals surface area contributed by atoms with E-state index in [1.54, 1.807) is 0 Å². The maximum Gasteiger partial charge on any atom is 0.411 e. The van der Waals surface area contributed by atoms with E-state index in [9.17, 15) is 22.8 Å². The van der Waals surface area contributed by atoms with Gasteiger partial charge in [-0.3, -0.25) is 4.79 Å². The number of halogens is 4. The van der Waals surface area contributed by atoms with Crippen molar-refractivity contribution in [2.45, 2.75) is 6.18 Å². The van der Waals surface area contributed by atoms with Crippen LogP contribution < -0.4 is 5.32 Å². The van der Waals surface area contributed by atoms with Crippen LogP contribution in [0, 0.1) is 0 Å². The van der Waals surface area contributed by atoms with Crippen molar-refractivity contribution in [1.29, 1.82) is 0 Å². The Bertz CT molecular complexity index is 519. The van der Waals surface area contributed by atoms with Crippen LogP contribution in [0.25, 0.3) is 0 Å². The third-order valence-corrected chi connectivity index (χ3v) is 2.39. The Kier molecular flexibility index (Phi) is 5.52. The van der Waals surface area contributed by atoms with Gasteiger partial charge < -0.3 is 15.2 Å². The molecule has 0 heterocycles. The third-order valence-electron chi connectivity index (χ3n) is 1.93. The zero-order chi connectivity index (χ0) is 15.3. The molecule has 0 aromatic heterocycles. The van der Waals surface area contributed by atoms with E-state index in [0.717, 1.165) is 0 Å². The number of carbonyl (C=O) groups excluding carboxylic acids is 1. The minimum Gasteiger partial charge on any atom is -0.478 e. The van der Waals surface area contributed by atoms with Gasteiger partial charge in [0.1, 0.15) is 13.2 Å². The predicted molar refractivity (Wildman–Crippen MR) is 66.6 cm³/mol. The molecular weight excluding hydrogens is 347 g/mol. The number of amides is 1. The Morgan fingerprint density at radius 3 is 2.50 bits per heavy atom. The molecule has 0 unspecified atom stereocenters. The van der Waals surface area contributed by atoms with Gasteiger partial charge in [-0.05, 0) is 18.2 Å². The van der Waals surface area contributed by atoms with Gasteiger partial charge in [0.05, 0.1) is 5.56 Å². The summed E-state index contributed by atoms with van der Waals surface area (Å²) in [5.74, 6) is -2.01. The molecule has 0 aliphatic heterocycles. The molecule has 0 spiro atoms. The van der Waals surface area contributed by atoms with Gasteiger partial charge in [-0.25, -0.2) is 4.79 Å². The van der Waals surface area contributed by atoms with E-state index in [4.69, 9.17) is 5.11 Å². The van der Waals surface area contributed by atoms with E-state index in [1.165, 1.54) is 18.2 Å². The first-order valence-corrected chi connectivity index (χ1v) is 5.95. The Hall–Kier alpha value is -1.61. The fourth-order valence-corrected chi connectivity index (χ4v) is 1.74. The summed E-state index contributed by atoms with van der Waals surface area (Å²) in [6.07, 6.45) is -4.51. The lowest BCUT2D eigenvalue weighted by Crippen LogP contribution is -2.24. The number of carboxylic acid groups (broad SMARTS) is 1. The number of benzene rings is 1. The molecule has 2 N–H and O–H groups in total. The summed E-state index contributed by atoms with van der Waals surface area (Å²) in [6, 6.07) is 3.90. The zero-order valence-electron chi connectivity index (χ0n) is 9.83. The van der Waals surface area contributed by atoms with Crippen molar-refractivity contribution < 1.29 is 32.6 Å². The van der Waals surface area contributed by atoms with Gasteiger partial charge in [-0.2, -0.15) is 13.2 Å². The van der Waals surface area contributed by atoms with E-state index >= 15 is 0 Å². The molecule has 5 nitrogen and oxygen atoms in total. The lowest BCUT2D eigenvalue weighted by Gasteiger charge is -2.09. The molecule has 1 amide bonds. The summed E-state index contributed by atoms with van der Waals surface area (Å²) in [5, 5.41) is 11.1. The minimum absolute atomic E-state index is 0.0779. The second-order valence-electron chi connectivity index (χ2n) is 3.69. The van der Waals surface area contributed by atoms with Gasteiger partial charge in [0.15, 0.2) is 0 Å². The molecule has 0 aliphatic carbocycles. The number of carbonyl (C=O) groups is 2. The van der Waals surface area contributed by atoms with Crippen molar-refractivity contribution in [2.75, 3.05) is 18.5 Å². The average Bonchev–Trinajstić information content (AvgIpc) is 2.25. The van der Waals surface area contributed by atoms with Crippen molar-refractivity contribution in [3.05, 3.63) is 28.2 Å². The van der Waals surface area contributed by atoms with E-state index < -0.39 is 31.3 Å². The number of ether oxygens (including phenoxy) is 1. The first-order valence-electron chi connectivity index (χ1n) is 5.15. The number of nitrogens with one attached hydrogen (secondary N) is 1. The van der Waals surface area contributed by atoms with Crippen molar-refractivity contribution in [3.63, 3.8) is 0 Å². The SMILES string of the molecule is O=C(COCC(F)(F)F)Nc1cc(Br)cc(C(=O)O)c1. The summed E-state index contributed by atoms with van der Waals surface area (Å²) in [7, 11) is 0. The fourth-order valence-electron chi connectivity index (χ4n) is 1.24. The van der Waals surface area contributed by atoms with Crippen molar-refractivity contribution in [1.82, 2.24) is 0 Å². The van der Waals surface area contributed by atoms with Crippen LogP contribution in [0.5, 0.6) is 0 Å². The van der Waals surface area contributed by atoms with Crippen LogP contribution in [0.3, 0.4) is 0 Å². The number of hydrogen-bond donors (Lipinski definition) is 2. The summed E-state index contributed by atoms with van der Waals surface area (Å²) in [5.41, 5.74) is 0.0586. The molecule has 0 atom stereocenters. The standard InChI is InChI=1S/C11H9BrF3NO4/c12-7-1-6(10(18)19)2-8(3-7)16-9(17)4-20-5-11(13,14)15/h1-3H,4-5H2,(H,16,17)(H,18,19). The highest BCUT2D eigenvalue weighted by Gasteiger charge is 2.27. The minimum atomic E-state index is -4.51. The van der Waals surface area contributed by atoms with Gasteiger partial charge >= 0.3 is 12.1 Å². The number of hydrogen-bond acceptors (Lipinski definition) is 3. The molecule has 1 rings (SSSR count). The molecule has 0 fully saturated rings. The normalized spacial score (nSPS) is 11.2. The third kappa shape index (κ3) is 6.02. The topological polar surface area (TPSA) is 75.6 Å². The van der Waals surface area contributed by atoms with Gasteiger partial charge in [0, 0.05) is 10.2 Å². The fraction of sp³-hybridized carbons (Fsp3) is 0.273. The maximum atomic E-state index is 11.8. The number of rotatable bonds is 5. The van der Waals surface area contributed by atoms with Gasteiger partial charge in [-0.1, -0.05) is 15.9 Å². The van der Waals surface area contributed by atoms with Gasteiger partial charge in [0.25, 0.3) is 0 Å². The van der Waals surface area contributed by atoms with Gasteiger partial charge in [-0.15, -0.1) is 0 Å². The summed E-state index contributed by atoms with van der Waals surface area (Å²) in [6.45, 7) is -2.31. The van der Waals surface area contributed by atoms with Crippen molar-refractivity contribution >= 4 is 33.5 Å². The Morgan fingerprint density at radius 2 is 1.95 bits per heavy atom. The molecule has 20 heavy (non-hydrogen) atoms. The number of aromatic carboxylic acids is 1. The molecule has 0 bridgehead atoms. The summed E-state index contributed by atoms with van der Waals surface area (Å²) >= 11 is 3.06. The molecule has 0 saturated carbocycles. The molecule has 0 saturated heterocycles. The van der Waals surface area contributed by atoms with Crippen LogP contribution in [0.15, 0.2) is 22.7 Å². The maximum absolute atomic E-state index is 11.8. The molecular formula is C11H9BrF3NO4. The number of carboxylic acids is 1. The first-order chi connectivity index (χ1) is 9.17. The highest BCUT2D eigenvalue weighted by atomic mass is 79.9. The van der Waals surface area contributed by atoms with E-state index in [2.05, 4.69) is 26.0 Å². The molecule has 110 valence electrons. The Morgan fingerprint density at radius 1 is 1.30 bits per heavy atom. The lowest BCUT2D eigenvalue weighted by atomic mass is 10.2. The molecule has 0 radical (unpaired) electrons. The molecule has 0 aliphatic rings. The second-order valence-corrected chi connectivity index (χ2v) is 4.61. The van der Waals surface area contributed by atoms with Crippen LogP contribution in [0.1, 0.15) is 10.4 Å². The van der Waals surface area contributed by atoms with Crippen molar-refractivity contribution in [3.8, 4) is 0 Å². The van der Waals surface area contributed by atoms with E-state index in [1.807, 2.05) is 0 Å². The van der Waals surface area contributed by atoms with Crippen LogP contribution in [-0.4, -0.2) is 36.4 Å². The highest BCUT2D eigenvalue weighted by Crippen LogP contribution is 2.20. The Labute approximate surface area is 119 Å². The van der Waals surface area contributed by atoms with Crippen molar-refractivity contribution in [2.24, 2.45) is 0 Å². The summed E-state index contributed by atoms with van der Waals surface area (Å²) in [4.78, 5) is 22.1. The number of anilines is 1. The van der Waals surface area contributed by atoms with Gasteiger partial charge in [0.2, 0.25) is 5.91 Å². The van der Waals surface area contributed by atoms with E-state index in [0.29, 0.717) is 4.47 Å². The molecule has 1 aromatic rings. The lowest BCUT2D eigenvalue weighted by molar-refractivity contribution is -0.174. The highest BCUT2D eigenvalue weighted by molar-refractivity contribution is 9.10. The Balaban J connectivity index is 2.60. The average molecular weight is 356 g/mol. The molecule has 9 heteroatoms. The quantitative estimate of drug-likeness (QED) is 0.851. The smallest absolute Gasteiger partial charge is 0.411 e. The summed E-state index contributed by atoms with van der Waals surface area (Å²) < 4.78 is 40.0. The zero-order valence-corrected chi connectivity index (χ0v) is 11.4. The second kappa shape index (κ2) is 6.71. The van der Waals surface area contributed by atoms with Crippen LogP contribution in [0.2, 0.25) is 0 Å². The largest absolute Gasteiger partial charge is 0.478 e.